The first kappa shape index (κ1) is 23.5. The van der Waals surface area contributed by atoms with E-state index in [1.165, 1.54) is 26.1 Å². The molecular formula is C17H21Cl3Ti. The molecule has 0 amide bonds. The van der Waals surface area contributed by atoms with Gasteiger partial charge in [-0.2, -0.15) is 0 Å². The van der Waals surface area contributed by atoms with E-state index in [9.17, 15) is 0 Å². The molecule has 1 aromatic rings. The minimum atomic E-state index is 0. The van der Waals surface area contributed by atoms with Crippen molar-refractivity contribution in [1.82, 2.24) is 0 Å². The van der Waals surface area contributed by atoms with Gasteiger partial charge in [-0.15, -0.1) is 0 Å². The molecule has 0 radical (unpaired) electrons. The van der Waals surface area contributed by atoms with Crippen LogP contribution >= 0.6 is 0 Å². The van der Waals surface area contributed by atoms with Crippen molar-refractivity contribution in [3.8, 4) is 0 Å². The van der Waals surface area contributed by atoms with Crippen LogP contribution in [0, 0.1) is 20.8 Å². The Morgan fingerprint density at radius 1 is 0.952 bits per heavy atom. The van der Waals surface area contributed by atoms with Crippen LogP contribution in [-0.4, -0.2) is 0 Å². The molecule has 21 heavy (non-hydrogen) atoms. The maximum absolute atomic E-state index is 2.36. The fraction of sp³-hybridized carbons (Fsp3) is 0.412. The van der Waals surface area contributed by atoms with Crippen molar-refractivity contribution >= 4 is 0 Å². The maximum atomic E-state index is 2.36. The zero-order valence-electron chi connectivity index (χ0n) is 13.2. The van der Waals surface area contributed by atoms with Crippen LogP contribution < -0.4 is 37.2 Å². The second kappa shape index (κ2) is 8.80. The summed E-state index contributed by atoms with van der Waals surface area (Å²) in [6, 6.07) is 4.72. The number of aryl methyl sites for hydroxylation is 2. The van der Waals surface area contributed by atoms with Gasteiger partial charge in [-0.25, -0.2) is 0 Å². The Morgan fingerprint density at radius 2 is 1.43 bits per heavy atom. The summed E-state index contributed by atoms with van der Waals surface area (Å²) in [7, 11) is 0. The molecule has 0 N–H and O–H groups in total. The maximum Gasteiger partial charge on any atom is -1.00 e. The first-order valence-electron chi connectivity index (χ1n) is 6.54. The van der Waals surface area contributed by atoms with Gasteiger partial charge in [0.05, 0.1) is 0 Å². The van der Waals surface area contributed by atoms with Gasteiger partial charge in [-0.3, -0.25) is 0 Å². The van der Waals surface area contributed by atoms with Gasteiger partial charge < -0.3 is 37.2 Å². The Balaban J connectivity index is 0. The number of hydrogen-bond donors (Lipinski definition) is 0. The first-order valence-corrected chi connectivity index (χ1v) is 7.32. The number of halogens is 3. The van der Waals surface area contributed by atoms with E-state index in [2.05, 4.69) is 79.3 Å². The molecule has 0 aromatic heterocycles. The summed E-state index contributed by atoms with van der Waals surface area (Å²) in [5.41, 5.74) is 7.37. The third kappa shape index (κ3) is 4.63. The Morgan fingerprint density at radius 3 is 1.81 bits per heavy atom. The summed E-state index contributed by atoms with van der Waals surface area (Å²) in [6.45, 7) is 11.3. The van der Waals surface area contributed by atoms with Crippen LogP contribution in [0.1, 0.15) is 42.5 Å². The summed E-state index contributed by atoms with van der Waals surface area (Å²) in [5, 5.41) is 0. The fourth-order valence-corrected chi connectivity index (χ4v) is 3.50. The van der Waals surface area contributed by atoms with E-state index in [0.29, 0.717) is 0 Å². The van der Waals surface area contributed by atoms with Crippen molar-refractivity contribution in [3.63, 3.8) is 0 Å². The summed E-state index contributed by atoms with van der Waals surface area (Å²) >= 11 is 2.23. The molecule has 0 spiro atoms. The molecule has 0 heterocycles. The molecule has 0 atom stereocenters. The monoisotopic (exact) mass is 378 g/mol. The van der Waals surface area contributed by atoms with Crippen molar-refractivity contribution in [3.05, 3.63) is 56.0 Å². The zero-order chi connectivity index (χ0) is 13.5. The quantitative estimate of drug-likeness (QED) is 0.456. The van der Waals surface area contributed by atoms with Gasteiger partial charge in [0, 0.05) is 0 Å². The largest absolute Gasteiger partial charge is 1.00 e. The molecule has 1 aliphatic rings. The topological polar surface area (TPSA) is 0 Å². The van der Waals surface area contributed by atoms with Crippen LogP contribution in [0.4, 0.5) is 0 Å². The van der Waals surface area contributed by atoms with Gasteiger partial charge in [0.15, 0.2) is 0 Å². The molecule has 0 nitrogen and oxygen atoms in total. The molecule has 0 saturated carbocycles. The summed E-state index contributed by atoms with van der Waals surface area (Å²) in [4.78, 5) is 0. The number of hydrogen-bond acceptors (Lipinski definition) is 0. The first-order chi connectivity index (χ1) is 8.34. The molecular weight excluding hydrogens is 358 g/mol. The molecule has 1 aromatic carbocycles. The molecule has 0 fully saturated rings. The van der Waals surface area contributed by atoms with E-state index in [1.54, 1.807) is 5.57 Å². The molecule has 0 unspecified atom stereocenters. The third-order valence-electron chi connectivity index (χ3n) is 4.33. The minimum absolute atomic E-state index is 0. The van der Waals surface area contributed by atoms with Crippen LogP contribution in [0.25, 0.3) is 0 Å². The van der Waals surface area contributed by atoms with Crippen molar-refractivity contribution in [1.29, 1.82) is 0 Å². The minimum Gasteiger partial charge on any atom is -1.00 e. The number of allylic oxidation sites excluding steroid dienone is 4. The van der Waals surface area contributed by atoms with Crippen molar-refractivity contribution in [2.75, 3.05) is 0 Å². The standard InChI is InChI=1S/C17H21.3ClH.Ti/c1-12-10-16(11-13(2)14(12)3)17(4,5)15-8-6-7-9-15;;;;/h6-7,10-11H,8H2,1-5H3;3*1H;/q;;;;+3/p-3. The van der Waals surface area contributed by atoms with E-state index in [1.807, 2.05) is 0 Å². The molecule has 4 heteroatoms. The SMILES string of the molecule is Cc1cc(C(C)(C)C2=[C]([Ti+3])C=CC2)cc(C)c1C.[Cl-].[Cl-].[Cl-]. The second-order valence-electron chi connectivity index (χ2n) is 5.86. The molecule has 0 bridgehead atoms. The van der Waals surface area contributed by atoms with E-state index < -0.39 is 0 Å². The van der Waals surface area contributed by atoms with Gasteiger partial charge in [0.2, 0.25) is 0 Å². The van der Waals surface area contributed by atoms with E-state index in [0.717, 1.165) is 6.42 Å². The molecule has 1 aliphatic carbocycles. The van der Waals surface area contributed by atoms with Crippen molar-refractivity contribution in [2.24, 2.45) is 0 Å². The Kier molecular flexibility index (Phi) is 9.86. The molecule has 0 aliphatic heterocycles. The van der Waals surface area contributed by atoms with Crippen molar-refractivity contribution in [2.45, 2.75) is 46.5 Å². The van der Waals surface area contributed by atoms with Crippen molar-refractivity contribution < 1.29 is 57.7 Å². The van der Waals surface area contributed by atoms with E-state index >= 15 is 0 Å². The Labute approximate surface area is 159 Å². The summed E-state index contributed by atoms with van der Waals surface area (Å²) in [6.07, 6.45) is 5.64. The number of rotatable bonds is 2. The predicted octanol–water partition coefficient (Wildman–Crippen LogP) is -4.34. The van der Waals surface area contributed by atoms with Gasteiger partial charge in [-0.1, -0.05) is 0 Å². The summed E-state index contributed by atoms with van der Waals surface area (Å²) < 4.78 is 1.44. The average Bonchev–Trinajstić information content (AvgIpc) is 2.72. The average molecular weight is 380 g/mol. The number of benzene rings is 1. The molecule has 0 saturated heterocycles. The second-order valence-corrected chi connectivity index (χ2v) is 6.70. The van der Waals surface area contributed by atoms with E-state index in [-0.39, 0.29) is 42.6 Å². The van der Waals surface area contributed by atoms with Crippen LogP contribution in [0.15, 0.2) is 33.7 Å². The fourth-order valence-electron chi connectivity index (χ4n) is 2.67. The normalized spacial score (nSPS) is 13.5. The Bertz CT molecular complexity index is 534. The van der Waals surface area contributed by atoms with Crippen LogP contribution in [-0.2, 0) is 25.9 Å². The van der Waals surface area contributed by atoms with Gasteiger partial charge in [0.25, 0.3) is 0 Å². The van der Waals surface area contributed by atoms with Gasteiger partial charge >= 0.3 is 123 Å². The molecule has 2 rings (SSSR count). The zero-order valence-corrected chi connectivity index (χ0v) is 17.0. The predicted molar refractivity (Wildman–Crippen MR) is 74.5 cm³/mol. The molecule has 114 valence electrons. The smallest absolute Gasteiger partial charge is 1.00 e. The van der Waals surface area contributed by atoms with Crippen LogP contribution in [0.3, 0.4) is 0 Å². The Hall–Kier alpha value is 0.284. The van der Waals surface area contributed by atoms with Gasteiger partial charge in [0.1, 0.15) is 0 Å². The summed E-state index contributed by atoms with van der Waals surface area (Å²) in [5.74, 6) is 0. The van der Waals surface area contributed by atoms with Gasteiger partial charge in [-0.05, 0) is 0 Å². The van der Waals surface area contributed by atoms with Crippen LogP contribution in [0.2, 0.25) is 0 Å². The van der Waals surface area contributed by atoms with E-state index in [4.69, 9.17) is 0 Å². The van der Waals surface area contributed by atoms with Crippen LogP contribution in [0.5, 0.6) is 0 Å². The third-order valence-corrected chi connectivity index (χ3v) is 5.07.